The first-order valence-electron chi connectivity index (χ1n) is 4.87. The van der Waals surface area contributed by atoms with Gasteiger partial charge in [0.25, 0.3) is 0 Å². The van der Waals surface area contributed by atoms with Crippen LogP contribution in [0.2, 0.25) is 0 Å². The highest BCUT2D eigenvalue weighted by molar-refractivity contribution is 7.93. The van der Waals surface area contributed by atoms with Crippen LogP contribution in [0.15, 0.2) is 0 Å². The second kappa shape index (κ2) is 6.07. The van der Waals surface area contributed by atoms with Gasteiger partial charge < -0.3 is 5.73 Å². The SMILES string of the molecule is CC(CN(C)S(=O)(=O)CCS(C)(=O)=O)C(N)=S. The van der Waals surface area contributed by atoms with Gasteiger partial charge in [0, 0.05) is 25.8 Å². The molecule has 102 valence electrons. The minimum Gasteiger partial charge on any atom is -0.393 e. The van der Waals surface area contributed by atoms with Crippen LogP contribution in [0.3, 0.4) is 0 Å². The fourth-order valence-electron chi connectivity index (χ4n) is 1.00. The van der Waals surface area contributed by atoms with Crippen molar-refractivity contribution in [3.8, 4) is 0 Å². The predicted octanol–water partition coefficient (Wildman–Crippen LogP) is -0.785. The molecule has 0 saturated heterocycles. The summed E-state index contributed by atoms with van der Waals surface area (Å²) in [6.45, 7) is 1.87. The number of hydrogen-bond donors (Lipinski definition) is 1. The van der Waals surface area contributed by atoms with Gasteiger partial charge in [0.1, 0.15) is 9.84 Å². The Labute approximate surface area is 108 Å². The lowest BCUT2D eigenvalue weighted by Gasteiger charge is -2.20. The van der Waals surface area contributed by atoms with E-state index in [1.165, 1.54) is 7.05 Å². The Bertz CT molecular complexity index is 469. The summed E-state index contributed by atoms with van der Waals surface area (Å²) in [6, 6.07) is 0. The van der Waals surface area contributed by atoms with Crippen LogP contribution >= 0.6 is 12.2 Å². The molecule has 0 spiro atoms. The van der Waals surface area contributed by atoms with E-state index in [9.17, 15) is 16.8 Å². The molecule has 0 rings (SSSR count). The molecule has 2 N–H and O–H groups in total. The first-order chi connectivity index (χ1) is 7.46. The number of nitrogens with two attached hydrogens (primary N) is 1. The molecule has 0 aliphatic rings. The van der Waals surface area contributed by atoms with Crippen molar-refractivity contribution in [3.05, 3.63) is 0 Å². The van der Waals surface area contributed by atoms with Crippen molar-refractivity contribution in [2.75, 3.05) is 31.4 Å². The standard InChI is InChI=1S/C8H18N2O4S3/c1-7(8(9)15)6-10(2)17(13,14)5-4-16(3,11)12/h7H,4-6H2,1-3H3,(H2,9,15). The molecule has 0 aromatic heterocycles. The molecule has 0 bridgehead atoms. The summed E-state index contributed by atoms with van der Waals surface area (Å²) in [7, 11) is -5.49. The van der Waals surface area contributed by atoms with Crippen molar-refractivity contribution in [2.24, 2.45) is 11.7 Å². The van der Waals surface area contributed by atoms with E-state index in [0.29, 0.717) is 0 Å². The molecule has 0 fully saturated rings. The average Bonchev–Trinajstić information content (AvgIpc) is 2.13. The Morgan fingerprint density at radius 2 is 1.76 bits per heavy atom. The van der Waals surface area contributed by atoms with E-state index in [4.69, 9.17) is 18.0 Å². The van der Waals surface area contributed by atoms with Crippen molar-refractivity contribution < 1.29 is 16.8 Å². The minimum atomic E-state index is -3.58. The van der Waals surface area contributed by atoms with Gasteiger partial charge in [0.2, 0.25) is 10.0 Å². The minimum absolute atomic E-state index is 0.154. The topological polar surface area (TPSA) is 97.5 Å². The summed E-state index contributed by atoms with van der Waals surface area (Å²) in [5, 5.41) is 0. The van der Waals surface area contributed by atoms with Crippen LogP contribution in [0.5, 0.6) is 0 Å². The van der Waals surface area contributed by atoms with Crippen molar-refractivity contribution in [3.63, 3.8) is 0 Å². The molecule has 1 unspecified atom stereocenters. The van der Waals surface area contributed by atoms with Gasteiger partial charge >= 0.3 is 0 Å². The average molecular weight is 302 g/mol. The molecule has 0 radical (unpaired) electrons. The van der Waals surface area contributed by atoms with E-state index in [0.717, 1.165) is 10.6 Å². The highest BCUT2D eigenvalue weighted by Gasteiger charge is 2.22. The Morgan fingerprint density at radius 1 is 1.29 bits per heavy atom. The smallest absolute Gasteiger partial charge is 0.214 e. The van der Waals surface area contributed by atoms with E-state index >= 15 is 0 Å². The van der Waals surface area contributed by atoms with E-state index in [1.54, 1.807) is 6.92 Å². The normalized spacial score (nSPS) is 14.8. The summed E-state index contributed by atoms with van der Waals surface area (Å²) in [4.78, 5) is 0.232. The summed E-state index contributed by atoms with van der Waals surface area (Å²) in [6.07, 6.45) is 1.00. The number of sulfonamides is 1. The maximum atomic E-state index is 11.7. The number of nitrogens with zero attached hydrogens (tertiary/aromatic N) is 1. The van der Waals surface area contributed by atoms with Gasteiger partial charge in [0.15, 0.2) is 0 Å². The Kier molecular flexibility index (Phi) is 5.99. The number of rotatable bonds is 7. The first-order valence-corrected chi connectivity index (χ1v) is 8.94. The molecular weight excluding hydrogens is 284 g/mol. The van der Waals surface area contributed by atoms with Crippen molar-refractivity contribution in [2.45, 2.75) is 6.92 Å². The van der Waals surface area contributed by atoms with Gasteiger partial charge in [0.05, 0.1) is 16.5 Å². The molecule has 0 saturated carbocycles. The van der Waals surface area contributed by atoms with Crippen LogP contribution in [-0.4, -0.2) is 57.5 Å². The zero-order chi connectivity index (χ0) is 13.9. The van der Waals surface area contributed by atoms with Gasteiger partial charge in [-0.3, -0.25) is 0 Å². The maximum Gasteiger partial charge on any atom is 0.214 e. The lowest BCUT2D eigenvalue weighted by molar-refractivity contribution is 0.446. The molecule has 1 atom stereocenters. The van der Waals surface area contributed by atoms with Crippen LogP contribution in [-0.2, 0) is 19.9 Å². The zero-order valence-corrected chi connectivity index (χ0v) is 12.5. The molecule has 0 heterocycles. The van der Waals surface area contributed by atoms with Gasteiger partial charge in [-0.1, -0.05) is 19.1 Å². The van der Waals surface area contributed by atoms with Gasteiger partial charge in [-0.25, -0.2) is 21.1 Å². The van der Waals surface area contributed by atoms with Crippen molar-refractivity contribution in [1.29, 1.82) is 0 Å². The third-order valence-electron chi connectivity index (χ3n) is 2.20. The van der Waals surface area contributed by atoms with E-state index < -0.39 is 25.6 Å². The number of thiocarbonyl (C=S) groups is 1. The second-order valence-corrected chi connectivity index (χ2v) is 8.96. The van der Waals surface area contributed by atoms with Crippen LogP contribution in [0.4, 0.5) is 0 Å². The summed E-state index contributed by atoms with van der Waals surface area (Å²) in [5.41, 5.74) is 5.38. The number of sulfone groups is 1. The Morgan fingerprint density at radius 3 is 2.12 bits per heavy atom. The molecule has 0 aromatic carbocycles. The van der Waals surface area contributed by atoms with E-state index in [2.05, 4.69) is 0 Å². The zero-order valence-electron chi connectivity index (χ0n) is 10.1. The van der Waals surface area contributed by atoms with Crippen LogP contribution in [0.25, 0.3) is 0 Å². The molecule has 6 nitrogen and oxygen atoms in total. The molecule has 9 heteroatoms. The molecule has 0 aromatic rings. The summed E-state index contributed by atoms with van der Waals surface area (Å²) in [5.74, 6) is -1.06. The fraction of sp³-hybridized carbons (Fsp3) is 0.875. The summed E-state index contributed by atoms with van der Waals surface area (Å²) >= 11 is 4.74. The van der Waals surface area contributed by atoms with E-state index in [1.807, 2.05) is 0 Å². The quantitative estimate of drug-likeness (QED) is 0.619. The highest BCUT2D eigenvalue weighted by Crippen LogP contribution is 2.05. The Hall–Kier alpha value is -0.250. The van der Waals surface area contributed by atoms with Crippen molar-refractivity contribution >= 4 is 37.1 Å². The molecule has 0 aliphatic heterocycles. The third kappa shape index (κ3) is 6.92. The highest BCUT2D eigenvalue weighted by atomic mass is 32.2. The first kappa shape index (κ1) is 16.8. The summed E-state index contributed by atoms with van der Waals surface area (Å²) < 4.78 is 46.3. The van der Waals surface area contributed by atoms with Crippen LogP contribution < -0.4 is 5.73 Å². The van der Waals surface area contributed by atoms with Gasteiger partial charge in [-0.2, -0.15) is 0 Å². The maximum absolute atomic E-state index is 11.7. The number of hydrogen-bond acceptors (Lipinski definition) is 5. The van der Waals surface area contributed by atoms with E-state index in [-0.39, 0.29) is 23.2 Å². The van der Waals surface area contributed by atoms with Crippen LogP contribution in [0, 0.1) is 5.92 Å². The lowest BCUT2D eigenvalue weighted by atomic mass is 10.2. The predicted molar refractivity (Wildman–Crippen MR) is 72.1 cm³/mol. The van der Waals surface area contributed by atoms with Crippen LogP contribution in [0.1, 0.15) is 6.92 Å². The third-order valence-corrected chi connectivity index (χ3v) is 5.63. The van der Waals surface area contributed by atoms with Crippen molar-refractivity contribution in [1.82, 2.24) is 4.31 Å². The Balaban J connectivity index is 4.56. The monoisotopic (exact) mass is 302 g/mol. The fourth-order valence-corrected chi connectivity index (χ4v) is 3.89. The molecule has 17 heavy (non-hydrogen) atoms. The second-order valence-electron chi connectivity index (χ2n) is 4.03. The van der Waals surface area contributed by atoms with Gasteiger partial charge in [-0.15, -0.1) is 0 Å². The molecule has 0 amide bonds. The van der Waals surface area contributed by atoms with Gasteiger partial charge in [-0.05, 0) is 0 Å². The molecular formula is C8H18N2O4S3. The molecule has 0 aliphatic carbocycles. The largest absolute Gasteiger partial charge is 0.393 e. The lowest BCUT2D eigenvalue weighted by Crippen LogP contribution is -2.37.